The van der Waals surface area contributed by atoms with E-state index >= 15 is 0 Å². The van der Waals surface area contributed by atoms with Crippen LogP contribution >= 0.6 is 0 Å². The van der Waals surface area contributed by atoms with Gasteiger partial charge in [-0.3, -0.25) is 14.2 Å². The lowest BCUT2D eigenvalue weighted by Crippen LogP contribution is -2.24. The quantitative estimate of drug-likeness (QED) is 0.463. The minimum Gasteiger partial charge on any atom is -0.495 e. The summed E-state index contributed by atoms with van der Waals surface area (Å²) in [7, 11) is 3.31. The number of carbonyl (C=O) groups excluding carboxylic acids is 1. The average molecular weight is 423 g/mol. The molecule has 1 aromatic heterocycles. The van der Waals surface area contributed by atoms with Crippen LogP contribution in [0.15, 0.2) is 71.5 Å². The summed E-state index contributed by atoms with van der Waals surface area (Å²) in [5, 5.41) is 0.492. The molecule has 0 radical (unpaired) electrons. The van der Waals surface area contributed by atoms with Crippen molar-refractivity contribution in [3.05, 3.63) is 94.0 Å². The van der Waals surface area contributed by atoms with Gasteiger partial charge in [0.2, 0.25) is 0 Å². The maximum Gasteiger partial charge on any atom is 0.266 e. The lowest BCUT2D eigenvalue weighted by atomic mass is 10.0. The summed E-state index contributed by atoms with van der Waals surface area (Å²) in [6.07, 6.45) is 1.70. The van der Waals surface area contributed by atoms with Crippen molar-refractivity contribution in [2.75, 3.05) is 19.1 Å². The molecule has 1 aliphatic rings. The van der Waals surface area contributed by atoms with Crippen molar-refractivity contribution in [1.82, 2.24) is 9.55 Å². The van der Waals surface area contributed by atoms with Gasteiger partial charge in [0.15, 0.2) is 0 Å². The number of fused-ring (bicyclic) bond motifs is 2. The molecule has 1 aliphatic heterocycles. The second-order valence-corrected chi connectivity index (χ2v) is 7.74. The summed E-state index contributed by atoms with van der Waals surface area (Å²) < 4.78 is 7.03. The standard InChI is InChI=1S/C26H21N3O3/c1-16-12-13-21-18(14-16)19(25(30)28(21)2)15-24-27-20-9-5-4-8-17(20)26(31)29(24)22-10-6-7-11-23(22)32-3/h4-15H,1-3H3. The molecule has 32 heavy (non-hydrogen) atoms. The second-order valence-electron chi connectivity index (χ2n) is 7.74. The molecule has 0 saturated carbocycles. The third-order valence-corrected chi connectivity index (χ3v) is 5.74. The number of likely N-dealkylation sites (N-methyl/N-ethyl adjacent to an activating group) is 1. The first kappa shape index (κ1) is 19.8. The first-order valence-electron chi connectivity index (χ1n) is 10.3. The third-order valence-electron chi connectivity index (χ3n) is 5.74. The number of amides is 1. The number of anilines is 1. The Morgan fingerprint density at radius 3 is 2.50 bits per heavy atom. The van der Waals surface area contributed by atoms with Crippen molar-refractivity contribution >= 4 is 34.1 Å². The summed E-state index contributed by atoms with van der Waals surface area (Å²) in [4.78, 5) is 33.1. The van der Waals surface area contributed by atoms with Gasteiger partial charge in [-0.15, -0.1) is 0 Å². The Balaban J connectivity index is 1.85. The summed E-state index contributed by atoms with van der Waals surface area (Å²) in [6, 6.07) is 20.4. The Labute approximate surface area is 185 Å². The number of benzene rings is 3. The SMILES string of the molecule is COc1ccccc1-n1c(C=C2C(=O)N(C)c3ccc(C)cc32)nc2ccccc2c1=O. The molecule has 3 aromatic carbocycles. The number of hydrogen-bond acceptors (Lipinski definition) is 4. The molecular formula is C26H21N3O3. The summed E-state index contributed by atoms with van der Waals surface area (Å²) >= 11 is 0. The van der Waals surface area contributed by atoms with Gasteiger partial charge in [0.05, 0.1) is 35.0 Å². The molecule has 0 fully saturated rings. The van der Waals surface area contributed by atoms with Crippen LogP contribution < -0.4 is 15.2 Å². The molecule has 5 rings (SSSR count). The molecule has 4 aromatic rings. The van der Waals surface area contributed by atoms with E-state index in [2.05, 4.69) is 0 Å². The number of aromatic nitrogens is 2. The highest BCUT2D eigenvalue weighted by Gasteiger charge is 2.30. The minimum absolute atomic E-state index is 0.139. The number of para-hydroxylation sites is 3. The van der Waals surface area contributed by atoms with E-state index in [1.165, 1.54) is 4.57 Å². The minimum atomic E-state index is -0.227. The molecule has 6 nitrogen and oxygen atoms in total. The largest absolute Gasteiger partial charge is 0.495 e. The van der Waals surface area contributed by atoms with Gasteiger partial charge in [-0.2, -0.15) is 0 Å². The fraction of sp³-hybridized carbons (Fsp3) is 0.115. The van der Waals surface area contributed by atoms with Crippen LogP contribution in [0.5, 0.6) is 5.75 Å². The van der Waals surface area contributed by atoms with E-state index in [1.54, 1.807) is 49.4 Å². The van der Waals surface area contributed by atoms with Gasteiger partial charge in [-0.1, -0.05) is 35.9 Å². The van der Waals surface area contributed by atoms with Gasteiger partial charge >= 0.3 is 0 Å². The van der Waals surface area contributed by atoms with E-state index < -0.39 is 0 Å². The van der Waals surface area contributed by atoms with Crippen molar-refractivity contribution < 1.29 is 9.53 Å². The Kier molecular flexibility index (Phi) is 4.63. The predicted molar refractivity (Wildman–Crippen MR) is 126 cm³/mol. The zero-order valence-electron chi connectivity index (χ0n) is 18.0. The zero-order valence-corrected chi connectivity index (χ0v) is 18.0. The fourth-order valence-electron chi connectivity index (χ4n) is 4.13. The number of nitrogens with zero attached hydrogens (tertiary/aromatic N) is 3. The van der Waals surface area contributed by atoms with Gasteiger partial charge in [-0.05, 0) is 49.4 Å². The molecule has 0 bridgehead atoms. The van der Waals surface area contributed by atoms with Gasteiger partial charge in [0.1, 0.15) is 11.6 Å². The second kappa shape index (κ2) is 7.50. The number of carbonyl (C=O) groups is 1. The van der Waals surface area contributed by atoms with E-state index in [9.17, 15) is 9.59 Å². The summed E-state index contributed by atoms with van der Waals surface area (Å²) in [5.74, 6) is 0.765. The highest BCUT2D eigenvalue weighted by atomic mass is 16.5. The van der Waals surface area contributed by atoms with Gasteiger partial charge in [-0.25, -0.2) is 4.98 Å². The van der Waals surface area contributed by atoms with Crippen LogP contribution in [0.4, 0.5) is 5.69 Å². The van der Waals surface area contributed by atoms with E-state index in [0.29, 0.717) is 33.7 Å². The van der Waals surface area contributed by atoms with Crippen molar-refractivity contribution in [3.8, 4) is 11.4 Å². The number of aryl methyl sites for hydroxylation is 1. The lowest BCUT2D eigenvalue weighted by molar-refractivity contribution is -0.112. The van der Waals surface area contributed by atoms with Crippen LogP contribution in [-0.2, 0) is 4.79 Å². The number of methoxy groups -OCH3 is 1. The topological polar surface area (TPSA) is 64.4 Å². The van der Waals surface area contributed by atoms with E-state index in [-0.39, 0.29) is 11.5 Å². The first-order chi connectivity index (χ1) is 15.5. The zero-order chi connectivity index (χ0) is 22.4. The van der Waals surface area contributed by atoms with E-state index in [1.807, 2.05) is 49.4 Å². The maximum atomic E-state index is 13.6. The first-order valence-corrected chi connectivity index (χ1v) is 10.3. The van der Waals surface area contributed by atoms with Crippen LogP contribution in [0, 0.1) is 6.92 Å². The third kappa shape index (κ3) is 3.00. The van der Waals surface area contributed by atoms with Crippen LogP contribution in [0.1, 0.15) is 17.0 Å². The Bertz CT molecular complexity index is 1480. The lowest BCUT2D eigenvalue weighted by Gasteiger charge is -2.15. The molecule has 0 spiro atoms. The number of ether oxygens (including phenoxy) is 1. The van der Waals surface area contributed by atoms with Gasteiger partial charge < -0.3 is 9.64 Å². The molecule has 2 heterocycles. The number of hydrogen-bond donors (Lipinski definition) is 0. The molecule has 1 amide bonds. The van der Waals surface area contributed by atoms with Crippen LogP contribution in [0.3, 0.4) is 0 Å². The molecule has 0 atom stereocenters. The van der Waals surface area contributed by atoms with E-state index in [0.717, 1.165) is 16.8 Å². The smallest absolute Gasteiger partial charge is 0.266 e. The Morgan fingerprint density at radius 1 is 0.938 bits per heavy atom. The summed E-state index contributed by atoms with van der Waals surface area (Å²) in [6.45, 7) is 1.99. The maximum absolute atomic E-state index is 13.6. The fourth-order valence-corrected chi connectivity index (χ4v) is 4.13. The van der Waals surface area contributed by atoms with Crippen molar-refractivity contribution in [2.24, 2.45) is 0 Å². The van der Waals surface area contributed by atoms with Crippen molar-refractivity contribution in [2.45, 2.75) is 6.92 Å². The molecule has 0 unspecified atom stereocenters. The molecule has 0 aliphatic carbocycles. The normalized spacial score (nSPS) is 14.3. The Hall–Kier alpha value is -4.19. The molecule has 6 heteroatoms. The van der Waals surface area contributed by atoms with Crippen LogP contribution in [0.25, 0.3) is 28.2 Å². The number of rotatable bonds is 3. The van der Waals surface area contributed by atoms with Crippen LogP contribution in [0.2, 0.25) is 0 Å². The molecule has 0 saturated heterocycles. The van der Waals surface area contributed by atoms with Crippen LogP contribution in [-0.4, -0.2) is 29.6 Å². The average Bonchev–Trinajstić information content (AvgIpc) is 3.03. The van der Waals surface area contributed by atoms with Crippen molar-refractivity contribution in [1.29, 1.82) is 0 Å². The summed E-state index contributed by atoms with van der Waals surface area (Å²) in [5.41, 5.74) is 4.11. The van der Waals surface area contributed by atoms with Gasteiger partial charge in [0.25, 0.3) is 11.5 Å². The monoisotopic (exact) mass is 423 g/mol. The van der Waals surface area contributed by atoms with Gasteiger partial charge in [0, 0.05) is 12.6 Å². The molecule has 158 valence electrons. The van der Waals surface area contributed by atoms with Crippen molar-refractivity contribution in [3.63, 3.8) is 0 Å². The highest BCUT2D eigenvalue weighted by Crippen LogP contribution is 2.37. The predicted octanol–water partition coefficient (Wildman–Crippen LogP) is 4.22. The van der Waals surface area contributed by atoms with E-state index in [4.69, 9.17) is 9.72 Å². The Morgan fingerprint density at radius 2 is 1.69 bits per heavy atom. The molecule has 0 N–H and O–H groups in total. The highest BCUT2D eigenvalue weighted by molar-refractivity contribution is 6.35. The molecular weight excluding hydrogens is 402 g/mol.